The molecule has 1 heterocycles. The number of amides is 1. The molecule has 0 unspecified atom stereocenters. The highest BCUT2D eigenvalue weighted by molar-refractivity contribution is 7.80. The maximum Gasteiger partial charge on any atom is 0.255 e. The van der Waals surface area contributed by atoms with Crippen molar-refractivity contribution in [2.75, 3.05) is 5.32 Å². The molecule has 1 amide bonds. The predicted octanol–water partition coefficient (Wildman–Crippen LogP) is 2.35. The van der Waals surface area contributed by atoms with E-state index in [2.05, 4.69) is 10.4 Å². The first kappa shape index (κ1) is 14.2. The number of nitrogens with one attached hydrogen (secondary N) is 1. The van der Waals surface area contributed by atoms with E-state index in [4.69, 9.17) is 18.0 Å². The Kier molecular flexibility index (Phi) is 4.14. The van der Waals surface area contributed by atoms with E-state index < -0.39 is 0 Å². The van der Waals surface area contributed by atoms with Gasteiger partial charge in [0.1, 0.15) is 4.99 Å². The molecule has 2 aromatic rings. The quantitative estimate of drug-likeness (QED) is 0.847. The molecular formula is C14H16N4OS. The van der Waals surface area contributed by atoms with Crippen LogP contribution in [0.25, 0.3) is 0 Å². The topological polar surface area (TPSA) is 72.9 Å². The largest absolute Gasteiger partial charge is 0.389 e. The molecule has 20 heavy (non-hydrogen) atoms. The van der Waals surface area contributed by atoms with E-state index in [0.29, 0.717) is 16.2 Å². The Balaban J connectivity index is 2.09. The number of carbonyl (C=O) groups excluding carboxylic acids is 1. The minimum absolute atomic E-state index is 0.192. The van der Waals surface area contributed by atoms with Gasteiger partial charge in [-0.2, -0.15) is 5.10 Å². The fraction of sp³-hybridized carbons (Fsp3) is 0.214. The number of benzene rings is 1. The zero-order valence-electron chi connectivity index (χ0n) is 11.3. The second-order valence-electron chi connectivity index (χ2n) is 4.70. The molecule has 0 fully saturated rings. The zero-order valence-corrected chi connectivity index (χ0v) is 12.1. The Labute approximate surface area is 122 Å². The summed E-state index contributed by atoms with van der Waals surface area (Å²) in [5.74, 6) is -0.192. The van der Waals surface area contributed by atoms with Crippen molar-refractivity contribution in [1.82, 2.24) is 9.78 Å². The van der Waals surface area contributed by atoms with Gasteiger partial charge in [-0.1, -0.05) is 24.4 Å². The molecular weight excluding hydrogens is 272 g/mol. The number of anilines is 1. The van der Waals surface area contributed by atoms with Crippen molar-refractivity contribution in [2.24, 2.45) is 5.73 Å². The average molecular weight is 288 g/mol. The van der Waals surface area contributed by atoms with Crippen molar-refractivity contribution in [1.29, 1.82) is 0 Å². The van der Waals surface area contributed by atoms with Crippen LogP contribution in [0.15, 0.2) is 36.7 Å². The highest BCUT2D eigenvalue weighted by Gasteiger charge is 2.08. The molecule has 0 atom stereocenters. The zero-order chi connectivity index (χ0) is 14.7. The molecule has 0 radical (unpaired) electrons. The number of nitrogens with two attached hydrogens (primary N) is 1. The van der Waals surface area contributed by atoms with Gasteiger partial charge in [0.05, 0.1) is 11.9 Å². The molecule has 0 saturated carbocycles. The number of aromatic nitrogens is 2. The van der Waals surface area contributed by atoms with Crippen LogP contribution in [0.2, 0.25) is 0 Å². The highest BCUT2D eigenvalue weighted by Crippen LogP contribution is 2.12. The highest BCUT2D eigenvalue weighted by atomic mass is 32.1. The fourth-order valence-corrected chi connectivity index (χ4v) is 1.81. The molecule has 6 heteroatoms. The number of hydrogen-bond acceptors (Lipinski definition) is 3. The summed E-state index contributed by atoms with van der Waals surface area (Å²) in [4.78, 5) is 12.4. The molecule has 0 aliphatic heterocycles. The van der Waals surface area contributed by atoms with Gasteiger partial charge >= 0.3 is 0 Å². The van der Waals surface area contributed by atoms with Crippen molar-refractivity contribution in [3.63, 3.8) is 0 Å². The first-order chi connectivity index (χ1) is 9.47. The van der Waals surface area contributed by atoms with Crippen LogP contribution in [-0.4, -0.2) is 20.7 Å². The molecule has 5 nitrogen and oxygen atoms in total. The minimum atomic E-state index is -0.192. The maximum absolute atomic E-state index is 12.1. The minimum Gasteiger partial charge on any atom is -0.389 e. The van der Waals surface area contributed by atoms with E-state index in [1.54, 1.807) is 41.3 Å². The Bertz CT molecular complexity index is 631. The Morgan fingerprint density at radius 2 is 1.90 bits per heavy atom. The Hall–Kier alpha value is -2.21. The molecule has 0 saturated heterocycles. The van der Waals surface area contributed by atoms with Crippen LogP contribution in [-0.2, 0) is 0 Å². The van der Waals surface area contributed by atoms with E-state index in [1.807, 2.05) is 13.8 Å². The fourth-order valence-electron chi connectivity index (χ4n) is 1.67. The van der Waals surface area contributed by atoms with Gasteiger partial charge in [0.25, 0.3) is 5.91 Å². The number of rotatable bonds is 4. The summed E-state index contributed by atoms with van der Waals surface area (Å²) in [7, 11) is 0. The Morgan fingerprint density at radius 1 is 1.30 bits per heavy atom. The van der Waals surface area contributed by atoms with Crippen LogP contribution in [0, 0.1) is 0 Å². The van der Waals surface area contributed by atoms with E-state index >= 15 is 0 Å². The number of thiocarbonyl (C=S) groups is 1. The third kappa shape index (κ3) is 3.21. The second-order valence-corrected chi connectivity index (χ2v) is 5.14. The van der Waals surface area contributed by atoms with Gasteiger partial charge in [0, 0.05) is 23.4 Å². The maximum atomic E-state index is 12.1. The Morgan fingerprint density at radius 3 is 2.40 bits per heavy atom. The third-order valence-electron chi connectivity index (χ3n) is 2.82. The lowest BCUT2D eigenvalue weighted by molar-refractivity contribution is 0.102. The summed E-state index contributed by atoms with van der Waals surface area (Å²) in [6, 6.07) is 7.10. The standard InChI is InChI=1S/C14H16N4OS/c1-9(2)18-8-12(7-16-18)17-14(19)11-5-3-10(4-6-11)13(15)20/h3-9H,1-2H3,(H2,15,20)(H,17,19). The van der Waals surface area contributed by atoms with Crippen LogP contribution >= 0.6 is 12.2 Å². The summed E-state index contributed by atoms with van der Waals surface area (Å²) >= 11 is 4.87. The van der Waals surface area contributed by atoms with Crippen LogP contribution in [0.1, 0.15) is 35.8 Å². The van der Waals surface area contributed by atoms with E-state index in [0.717, 1.165) is 5.56 Å². The molecule has 0 aliphatic carbocycles. The average Bonchev–Trinajstić information content (AvgIpc) is 2.87. The van der Waals surface area contributed by atoms with Crippen molar-refractivity contribution in [3.05, 3.63) is 47.8 Å². The summed E-state index contributed by atoms with van der Waals surface area (Å²) in [5, 5.41) is 6.96. The summed E-state index contributed by atoms with van der Waals surface area (Å²) in [6.07, 6.45) is 3.42. The molecule has 104 valence electrons. The van der Waals surface area contributed by atoms with Crippen molar-refractivity contribution in [2.45, 2.75) is 19.9 Å². The first-order valence-corrected chi connectivity index (χ1v) is 6.63. The smallest absolute Gasteiger partial charge is 0.255 e. The second kappa shape index (κ2) is 5.83. The summed E-state index contributed by atoms with van der Waals surface area (Å²) < 4.78 is 1.78. The van der Waals surface area contributed by atoms with Gasteiger partial charge in [0.2, 0.25) is 0 Å². The lowest BCUT2D eigenvalue weighted by Gasteiger charge is -2.05. The number of carbonyl (C=O) groups is 1. The van der Waals surface area contributed by atoms with Gasteiger partial charge < -0.3 is 11.1 Å². The molecule has 0 spiro atoms. The predicted molar refractivity (Wildman–Crippen MR) is 82.9 cm³/mol. The van der Waals surface area contributed by atoms with Crippen LogP contribution < -0.4 is 11.1 Å². The summed E-state index contributed by atoms with van der Waals surface area (Å²) in [6.45, 7) is 4.04. The molecule has 2 rings (SSSR count). The van der Waals surface area contributed by atoms with Gasteiger partial charge in [0.15, 0.2) is 0 Å². The number of hydrogen-bond donors (Lipinski definition) is 2. The van der Waals surface area contributed by atoms with Gasteiger partial charge in [-0.25, -0.2) is 0 Å². The molecule has 0 aliphatic rings. The van der Waals surface area contributed by atoms with Gasteiger partial charge in [-0.05, 0) is 26.0 Å². The van der Waals surface area contributed by atoms with Crippen LogP contribution in [0.4, 0.5) is 5.69 Å². The molecule has 3 N–H and O–H groups in total. The van der Waals surface area contributed by atoms with Crippen LogP contribution in [0.5, 0.6) is 0 Å². The number of nitrogens with zero attached hydrogens (tertiary/aromatic N) is 2. The van der Waals surface area contributed by atoms with Crippen molar-refractivity contribution < 1.29 is 4.79 Å². The SMILES string of the molecule is CC(C)n1cc(NC(=O)c2ccc(C(N)=S)cc2)cn1. The van der Waals surface area contributed by atoms with E-state index in [-0.39, 0.29) is 11.9 Å². The lowest BCUT2D eigenvalue weighted by Crippen LogP contribution is -2.13. The van der Waals surface area contributed by atoms with Crippen molar-refractivity contribution >= 4 is 28.8 Å². The molecule has 0 bridgehead atoms. The first-order valence-electron chi connectivity index (χ1n) is 6.22. The van der Waals surface area contributed by atoms with E-state index in [9.17, 15) is 4.79 Å². The monoisotopic (exact) mass is 288 g/mol. The normalized spacial score (nSPS) is 10.6. The summed E-state index contributed by atoms with van der Waals surface area (Å²) in [5.41, 5.74) is 7.47. The van der Waals surface area contributed by atoms with E-state index in [1.165, 1.54) is 0 Å². The molecule has 1 aromatic heterocycles. The third-order valence-corrected chi connectivity index (χ3v) is 3.06. The van der Waals surface area contributed by atoms with Crippen molar-refractivity contribution in [3.8, 4) is 0 Å². The van der Waals surface area contributed by atoms with Gasteiger partial charge in [-0.15, -0.1) is 0 Å². The van der Waals surface area contributed by atoms with Gasteiger partial charge in [-0.3, -0.25) is 9.48 Å². The lowest BCUT2D eigenvalue weighted by atomic mass is 10.1. The van der Waals surface area contributed by atoms with Crippen LogP contribution in [0.3, 0.4) is 0 Å². The molecule has 1 aromatic carbocycles.